The molecule has 3 rings (SSSR count). The van der Waals surface area contributed by atoms with Crippen molar-refractivity contribution in [1.29, 1.82) is 0 Å². The molecule has 0 radical (unpaired) electrons. The van der Waals surface area contributed by atoms with Gasteiger partial charge in [0.1, 0.15) is 0 Å². The van der Waals surface area contributed by atoms with Crippen molar-refractivity contribution in [3.05, 3.63) is 35.4 Å². The quantitative estimate of drug-likeness (QED) is 0.822. The van der Waals surface area contributed by atoms with Crippen molar-refractivity contribution < 1.29 is 0 Å². The van der Waals surface area contributed by atoms with Crippen LogP contribution in [0.4, 0.5) is 0 Å². The minimum absolute atomic E-state index is 0.613. The van der Waals surface area contributed by atoms with Gasteiger partial charge in [-0.2, -0.15) is 0 Å². The molecule has 1 nitrogen and oxygen atoms in total. The molecule has 0 saturated heterocycles. The van der Waals surface area contributed by atoms with E-state index in [1.807, 2.05) is 0 Å². The molecular weight excluding hydrogens is 230 g/mol. The highest BCUT2D eigenvalue weighted by molar-refractivity contribution is 5.31. The van der Waals surface area contributed by atoms with Crippen LogP contribution in [0.25, 0.3) is 0 Å². The zero-order valence-electron chi connectivity index (χ0n) is 12.4. The molecule has 0 spiro atoms. The van der Waals surface area contributed by atoms with E-state index in [1.54, 1.807) is 11.1 Å². The summed E-state index contributed by atoms with van der Waals surface area (Å²) in [5.74, 6) is 2.54. The third-order valence-corrected chi connectivity index (χ3v) is 5.12. The third-order valence-electron chi connectivity index (χ3n) is 5.12. The Morgan fingerprint density at radius 1 is 1.11 bits per heavy atom. The summed E-state index contributed by atoms with van der Waals surface area (Å²) in [5, 5.41) is 3.61. The summed E-state index contributed by atoms with van der Waals surface area (Å²) >= 11 is 0. The lowest BCUT2D eigenvalue weighted by Crippen LogP contribution is -2.36. The van der Waals surface area contributed by atoms with Crippen LogP contribution < -0.4 is 5.32 Å². The highest BCUT2D eigenvalue weighted by Gasteiger charge is 2.32. The van der Waals surface area contributed by atoms with Crippen LogP contribution in [-0.2, 0) is 0 Å². The lowest BCUT2D eigenvalue weighted by molar-refractivity contribution is 0.240. The highest BCUT2D eigenvalue weighted by Crippen LogP contribution is 2.44. The molecule has 0 aromatic heterocycles. The van der Waals surface area contributed by atoms with Gasteiger partial charge in [0.2, 0.25) is 0 Å². The lowest BCUT2D eigenvalue weighted by atomic mass is 9.69. The molecule has 0 heterocycles. The molecule has 2 fully saturated rings. The fourth-order valence-electron chi connectivity index (χ4n) is 3.42. The summed E-state index contributed by atoms with van der Waals surface area (Å²) < 4.78 is 0. The van der Waals surface area contributed by atoms with Gasteiger partial charge in [-0.15, -0.1) is 0 Å². The Balaban J connectivity index is 1.64. The molecule has 2 atom stereocenters. The minimum atomic E-state index is 0.613. The van der Waals surface area contributed by atoms with Crippen LogP contribution in [0, 0.1) is 5.92 Å². The maximum atomic E-state index is 3.61. The van der Waals surface area contributed by atoms with Crippen molar-refractivity contribution in [3.8, 4) is 0 Å². The smallest absolute Gasteiger partial charge is 0.00104 e. The second-order valence-corrected chi connectivity index (χ2v) is 6.80. The van der Waals surface area contributed by atoms with Crippen LogP contribution in [-0.4, -0.2) is 12.6 Å². The molecule has 1 heteroatoms. The molecule has 104 valence electrons. The first-order valence-corrected chi connectivity index (χ1v) is 8.07. The summed E-state index contributed by atoms with van der Waals surface area (Å²) in [7, 11) is 0. The average Bonchev–Trinajstić information content (AvgIpc) is 2.25. The second-order valence-electron chi connectivity index (χ2n) is 6.80. The van der Waals surface area contributed by atoms with Gasteiger partial charge in [-0.3, -0.25) is 0 Å². The zero-order chi connectivity index (χ0) is 13.2. The van der Waals surface area contributed by atoms with E-state index in [0.29, 0.717) is 6.04 Å². The SMILES string of the molecule is CC(C)NCC1CCC1c1cccc(C2CCC2)c1. The Labute approximate surface area is 117 Å². The molecule has 2 saturated carbocycles. The highest BCUT2D eigenvalue weighted by atomic mass is 14.9. The second kappa shape index (κ2) is 5.66. The first-order chi connectivity index (χ1) is 9.24. The maximum Gasteiger partial charge on any atom is 0.00104 e. The number of hydrogen-bond acceptors (Lipinski definition) is 1. The van der Waals surface area contributed by atoms with Crippen molar-refractivity contribution in [3.63, 3.8) is 0 Å². The van der Waals surface area contributed by atoms with E-state index in [0.717, 1.165) is 17.8 Å². The van der Waals surface area contributed by atoms with Crippen LogP contribution in [0.3, 0.4) is 0 Å². The number of benzene rings is 1. The summed E-state index contributed by atoms with van der Waals surface area (Å²) in [6, 6.07) is 10.1. The number of hydrogen-bond donors (Lipinski definition) is 1. The molecule has 1 N–H and O–H groups in total. The topological polar surface area (TPSA) is 12.0 Å². The van der Waals surface area contributed by atoms with Gasteiger partial charge in [-0.05, 0) is 61.1 Å². The molecule has 0 amide bonds. The predicted octanol–water partition coefficient (Wildman–Crippen LogP) is 4.45. The van der Waals surface area contributed by atoms with Crippen molar-refractivity contribution in [2.24, 2.45) is 5.92 Å². The maximum absolute atomic E-state index is 3.61. The largest absolute Gasteiger partial charge is 0.314 e. The van der Waals surface area contributed by atoms with Crippen LogP contribution in [0.1, 0.15) is 68.9 Å². The van der Waals surface area contributed by atoms with Gasteiger partial charge >= 0.3 is 0 Å². The summed E-state index contributed by atoms with van der Waals surface area (Å²) in [4.78, 5) is 0. The minimum Gasteiger partial charge on any atom is -0.314 e. The van der Waals surface area contributed by atoms with E-state index in [2.05, 4.69) is 43.4 Å². The molecular formula is C18H27N. The first-order valence-electron chi connectivity index (χ1n) is 8.07. The van der Waals surface area contributed by atoms with Crippen LogP contribution in [0.2, 0.25) is 0 Å². The van der Waals surface area contributed by atoms with E-state index in [9.17, 15) is 0 Å². The van der Waals surface area contributed by atoms with Gasteiger partial charge in [-0.25, -0.2) is 0 Å². The fraction of sp³-hybridized carbons (Fsp3) is 0.667. The summed E-state index contributed by atoms with van der Waals surface area (Å²) in [5.41, 5.74) is 3.21. The molecule has 2 aliphatic carbocycles. The first kappa shape index (κ1) is 13.2. The molecule has 0 aliphatic heterocycles. The van der Waals surface area contributed by atoms with Gasteiger partial charge in [0, 0.05) is 6.04 Å². The standard InChI is InChI=1S/C18H27N/c1-13(2)19-12-17-9-10-18(17)16-8-4-7-15(11-16)14-5-3-6-14/h4,7-8,11,13-14,17-19H,3,5-6,9-10,12H2,1-2H3. The predicted molar refractivity (Wildman–Crippen MR) is 81.6 cm³/mol. The Bertz CT molecular complexity index is 419. The fourth-order valence-corrected chi connectivity index (χ4v) is 3.42. The van der Waals surface area contributed by atoms with Gasteiger partial charge in [0.25, 0.3) is 0 Å². The molecule has 19 heavy (non-hydrogen) atoms. The zero-order valence-corrected chi connectivity index (χ0v) is 12.4. The Morgan fingerprint density at radius 2 is 1.89 bits per heavy atom. The molecule has 1 aromatic rings. The monoisotopic (exact) mass is 257 g/mol. The van der Waals surface area contributed by atoms with Gasteiger partial charge in [-0.1, -0.05) is 44.5 Å². The number of nitrogens with one attached hydrogen (secondary N) is 1. The van der Waals surface area contributed by atoms with E-state index >= 15 is 0 Å². The lowest BCUT2D eigenvalue weighted by Gasteiger charge is -2.38. The average molecular weight is 257 g/mol. The molecule has 2 unspecified atom stereocenters. The molecule has 1 aromatic carbocycles. The van der Waals surface area contributed by atoms with Crippen molar-refractivity contribution in [2.45, 2.75) is 63.8 Å². The van der Waals surface area contributed by atoms with E-state index < -0.39 is 0 Å². The molecule has 0 bridgehead atoms. The van der Waals surface area contributed by atoms with Crippen LogP contribution in [0.15, 0.2) is 24.3 Å². The van der Waals surface area contributed by atoms with Crippen LogP contribution >= 0.6 is 0 Å². The normalized spacial score (nSPS) is 27.1. The van der Waals surface area contributed by atoms with E-state index in [4.69, 9.17) is 0 Å². The Hall–Kier alpha value is -0.820. The van der Waals surface area contributed by atoms with Crippen molar-refractivity contribution in [1.82, 2.24) is 5.32 Å². The van der Waals surface area contributed by atoms with E-state index in [1.165, 1.54) is 38.6 Å². The van der Waals surface area contributed by atoms with Gasteiger partial charge < -0.3 is 5.32 Å². The van der Waals surface area contributed by atoms with Crippen molar-refractivity contribution in [2.75, 3.05) is 6.54 Å². The summed E-state index contributed by atoms with van der Waals surface area (Å²) in [6.45, 7) is 5.67. The van der Waals surface area contributed by atoms with Crippen molar-refractivity contribution >= 4 is 0 Å². The van der Waals surface area contributed by atoms with E-state index in [-0.39, 0.29) is 0 Å². The summed E-state index contributed by atoms with van der Waals surface area (Å²) in [6.07, 6.45) is 7.04. The third kappa shape index (κ3) is 2.86. The molecule has 2 aliphatic rings. The number of rotatable bonds is 5. The van der Waals surface area contributed by atoms with Gasteiger partial charge in [0.05, 0.1) is 0 Å². The van der Waals surface area contributed by atoms with Gasteiger partial charge in [0.15, 0.2) is 0 Å². The Morgan fingerprint density at radius 3 is 2.47 bits per heavy atom. The Kier molecular flexibility index (Phi) is 3.93. The van der Waals surface area contributed by atoms with Crippen LogP contribution in [0.5, 0.6) is 0 Å².